The number of hydrogen-bond donors (Lipinski definition) is 1. The van der Waals surface area contributed by atoms with E-state index >= 15 is 0 Å². The van der Waals surface area contributed by atoms with Crippen LogP contribution in [0.2, 0.25) is 10.0 Å². The lowest BCUT2D eigenvalue weighted by molar-refractivity contribution is 0.0471. The average Bonchev–Trinajstić information content (AvgIpc) is 2.52. The molecule has 7 heteroatoms. The number of esters is 1. The van der Waals surface area contributed by atoms with E-state index in [9.17, 15) is 14.7 Å². The molecule has 0 aliphatic heterocycles. The molecule has 0 aliphatic carbocycles. The molecule has 0 unspecified atom stereocenters. The Morgan fingerprint density at radius 1 is 1.09 bits per heavy atom. The summed E-state index contributed by atoms with van der Waals surface area (Å²) >= 11 is 11.7. The Bertz CT molecular complexity index is 758. The Kier molecular flexibility index (Phi) is 5.47. The van der Waals surface area contributed by atoms with E-state index in [0.717, 1.165) is 0 Å². The van der Waals surface area contributed by atoms with Gasteiger partial charge in [0.05, 0.1) is 12.1 Å². The Hall–Kier alpha value is -2.24. The predicted molar refractivity (Wildman–Crippen MR) is 85.7 cm³/mol. The first-order chi connectivity index (χ1) is 10.9. The molecular weight excluding hydrogens is 343 g/mol. The number of halogens is 2. The van der Waals surface area contributed by atoms with Crippen LogP contribution in [0.4, 0.5) is 0 Å². The topological polar surface area (TPSA) is 72.8 Å². The minimum Gasteiger partial charge on any atom is -0.507 e. The number of phenols is 1. The van der Waals surface area contributed by atoms with Crippen molar-refractivity contribution in [1.82, 2.24) is 0 Å². The number of Topliss-reactive ketones (excluding diaryl/α,β-unsaturated/α-hetero) is 1. The Morgan fingerprint density at radius 3 is 2.48 bits per heavy atom. The van der Waals surface area contributed by atoms with Crippen molar-refractivity contribution in [3.05, 3.63) is 57.6 Å². The number of carbonyl (C=O) groups excluding carboxylic acids is 2. The highest BCUT2D eigenvalue weighted by Gasteiger charge is 2.17. The molecule has 0 aliphatic rings. The van der Waals surface area contributed by atoms with Crippen LogP contribution in [-0.2, 0) is 4.74 Å². The summed E-state index contributed by atoms with van der Waals surface area (Å²) in [5.74, 6) is -1.23. The number of ether oxygens (including phenoxy) is 2. The molecule has 0 spiro atoms. The first-order valence-electron chi connectivity index (χ1n) is 6.44. The Morgan fingerprint density at radius 2 is 1.83 bits per heavy atom. The molecule has 0 saturated carbocycles. The second-order valence-electron chi connectivity index (χ2n) is 4.51. The highest BCUT2D eigenvalue weighted by atomic mass is 35.5. The van der Waals surface area contributed by atoms with Crippen LogP contribution < -0.4 is 4.74 Å². The van der Waals surface area contributed by atoms with E-state index in [1.807, 2.05) is 0 Å². The van der Waals surface area contributed by atoms with E-state index in [2.05, 4.69) is 0 Å². The molecule has 0 aromatic heterocycles. The van der Waals surface area contributed by atoms with E-state index in [0.29, 0.717) is 10.8 Å². The molecule has 2 aromatic carbocycles. The van der Waals surface area contributed by atoms with Crippen LogP contribution in [0.15, 0.2) is 36.4 Å². The van der Waals surface area contributed by atoms with Gasteiger partial charge in [0.15, 0.2) is 6.61 Å². The number of benzene rings is 2. The van der Waals surface area contributed by atoms with Gasteiger partial charge < -0.3 is 14.6 Å². The number of methoxy groups -OCH3 is 1. The summed E-state index contributed by atoms with van der Waals surface area (Å²) in [4.78, 5) is 24.0. The number of phenolic OH excluding ortho intramolecular Hbond substituents is 1. The summed E-state index contributed by atoms with van der Waals surface area (Å²) in [6.45, 7) is -0.517. The average molecular weight is 355 g/mol. The fourth-order valence-corrected chi connectivity index (χ4v) is 2.32. The van der Waals surface area contributed by atoms with Crippen LogP contribution >= 0.6 is 23.2 Å². The van der Waals surface area contributed by atoms with Crippen molar-refractivity contribution < 1.29 is 24.2 Å². The highest BCUT2D eigenvalue weighted by Crippen LogP contribution is 2.24. The van der Waals surface area contributed by atoms with E-state index < -0.39 is 18.4 Å². The van der Waals surface area contributed by atoms with Gasteiger partial charge in [-0.1, -0.05) is 23.2 Å². The normalized spacial score (nSPS) is 10.2. The molecule has 120 valence electrons. The maximum absolute atomic E-state index is 12.0. The molecule has 0 atom stereocenters. The number of hydrogen-bond acceptors (Lipinski definition) is 5. The van der Waals surface area contributed by atoms with E-state index in [1.165, 1.54) is 43.5 Å². The number of carbonyl (C=O) groups is 2. The minimum atomic E-state index is -0.847. The maximum Gasteiger partial charge on any atom is 0.342 e. The van der Waals surface area contributed by atoms with Crippen molar-refractivity contribution in [3.63, 3.8) is 0 Å². The molecule has 0 heterocycles. The molecule has 0 fully saturated rings. The SMILES string of the molecule is COc1ccc(O)c(C(=O)OCC(=O)c2ccc(Cl)cc2Cl)c1. The minimum absolute atomic E-state index is 0.0978. The van der Waals surface area contributed by atoms with E-state index in [-0.39, 0.29) is 21.9 Å². The molecule has 0 bridgehead atoms. The number of ketones is 1. The zero-order chi connectivity index (χ0) is 17.0. The van der Waals surface area contributed by atoms with Gasteiger partial charge in [0.2, 0.25) is 5.78 Å². The van der Waals surface area contributed by atoms with Crippen molar-refractivity contribution in [3.8, 4) is 11.5 Å². The fraction of sp³-hybridized carbons (Fsp3) is 0.125. The van der Waals surface area contributed by atoms with Gasteiger partial charge in [0.25, 0.3) is 0 Å². The summed E-state index contributed by atoms with van der Waals surface area (Å²) in [5.41, 5.74) is 0.0954. The van der Waals surface area contributed by atoms with E-state index in [1.54, 1.807) is 0 Å². The quantitative estimate of drug-likeness (QED) is 0.653. The molecule has 0 radical (unpaired) electrons. The van der Waals surface area contributed by atoms with Crippen molar-refractivity contribution in [2.45, 2.75) is 0 Å². The van der Waals surface area contributed by atoms with Crippen molar-refractivity contribution in [2.75, 3.05) is 13.7 Å². The third-order valence-electron chi connectivity index (χ3n) is 2.99. The smallest absolute Gasteiger partial charge is 0.342 e. The zero-order valence-electron chi connectivity index (χ0n) is 12.0. The maximum atomic E-state index is 12.0. The van der Waals surface area contributed by atoms with Gasteiger partial charge in [-0.2, -0.15) is 0 Å². The molecule has 2 aromatic rings. The standard InChI is InChI=1S/C16H12Cl2O5/c1-22-10-3-5-14(19)12(7-10)16(21)23-8-15(20)11-4-2-9(17)6-13(11)18/h2-7,19H,8H2,1H3. The molecule has 2 rings (SSSR count). The summed E-state index contributed by atoms with van der Waals surface area (Å²) in [5, 5.41) is 10.2. The van der Waals surface area contributed by atoms with Gasteiger partial charge in [-0.05, 0) is 36.4 Å². The summed E-state index contributed by atoms with van der Waals surface area (Å²) in [6.07, 6.45) is 0. The van der Waals surface area contributed by atoms with Crippen LogP contribution in [-0.4, -0.2) is 30.6 Å². The van der Waals surface area contributed by atoms with Crippen molar-refractivity contribution in [2.24, 2.45) is 0 Å². The largest absolute Gasteiger partial charge is 0.507 e. The molecule has 23 heavy (non-hydrogen) atoms. The third-order valence-corrected chi connectivity index (χ3v) is 3.54. The highest BCUT2D eigenvalue weighted by molar-refractivity contribution is 6.36. The van der Waals surface area contributed by atoms with Crippen LogP contribution in [0.5, 0.6) is 11.5 Å². The van der Waals surface area contributed by atoms with Gasteiger partial charge in [0.1, 0.15) is 17.1 Å². The number of aromatic hydroxyl groups is 1. The zero-order valence-corrected chi connectivity index (χ0v) is 13.5. The Balaban J connectivity index is 2.08. The molecule has 0 amide bonds. The third kappa shape index (κ3) is 4.15. The fourth-order valence-electron chi connectivity index (χ4n) is 1.81. The van der Waals surface area contributed by atoms with Gasteiger partial charge in [-0.25, -0.2) is 4.79 Å². The van der Waals surface area contributed by atoms with Crippen molar-refractivity contribution in [1.29, 1.82) is 0 Å². The second-order valence-corrected chi connectivity index (χ2v) is 5.35. The lowest BCUT2D eigenvalue weighted by Gasteiger charge is -2.08. The number of rotatable bonds is 5. The summed E-state index contributed by atoms with van der Waals surface area (Å²) < 4.78 is 9.88. The van der Waals surface area contributed by atoms with Crippen molar-refractivity contribution >= 4 is 35.0 Å². The predicted octanol–water partition coefficient (Wildman–Crippen LogP) is 3.75. The van der Waals surface area contributed by atoms with Gasteiger partial charge >= 0.3 is 5.97 Å². The lowest BCUT2D eigenvalue weighted by Crippen LogP contribution is -2.15. The van der Waals surface area contributed by atoms with Crippen LogP contribution in [0, 0.1) is 0 Å². The second kappa shape index (κ2) is 7.35. The van der Waals surface area contributed by atoms with Crippen LogP contribution in [0.3, 0.4) is 0 Å². The van der Waals surface area contributed by atoms with Gasteiger partial charge in [-0.15, -0.1) is 0 Å². The first-order valence-corrected chi connectivity index (χ1v) is 7.20. The summed E-state index contributed by atoms with van der Waals surface area (Å²) in [6, 6.07) is 8.49. The van der Waals surface area contributed by atoms with E-state index in [4.69, 9.17) is 32.7 Å². The molecule has 5 nitrogen and oxygen atoms in total. The van der Waals surface area contributed by atoms with Crippen LogP contribution in [0.1, 0.15) is 20.7 Å². The molecular formula is C16H12Cl2O5. The monoisotopic (exact) mass is 354 g/mol. The Labute approximate surface area is 142 Å². The summed E-state index contributed by atoms with van der Waals surface area (Å²) in [7, 11) is 1.42. The lowest BCUT2D eigenvalue weighted by atomic mass is 10.1. The molecule has 1 N–H and O–H groups in total. The molecule has 0 saturated heterocycles. The van der Waals surface area contributed by atoms with Crippen LogP contribution in [0.25, 0.3) is 0 Å². The van der Waals surface area contributed by atoms with Gasteiger partial charge in [-0.3, -0.25) is 4.79 Å². The first kappa shape index (κ1) is 17.1. The van der Waals surface area contributed by atoms with Gasteiger partial charge in [0, 0.05) is 10.6 Å².